The molecule has 2 rings (SSSR count). The lowest BCUT2D eigenvalue weighted by atomic mass is 10.1. The van der Waals surface area contributed by atoms with Crippen LogP contribution in [-0.4, -0.2) is 17.7 Å². The first kappa shape index (κ1) is 13.1. The zero-order chi connectivity index (χ0) is 13.3. The summed E-state index contributed by atoms with van der Waals surface area (Å²) in [5.41, 5.74) is 1.94. The highest BCUT2D eigenvalue weighted by atomic mass is 19.1. The third kappa shape index (κ3) is 2.27. The first-order valence-electron chi connectivity index (χ1n) is 6.49. The Labute approximate surface area is 108 Å². The highest BCUT2D eigenvalue weighted by molar-refractivity contribution is 5.84. The van der Waals surface area contributed by atoms with E-state index in [2.05, 4.69) is 32.3 Å². The Morgan fingerprint density at radius 1 is 1.28 bits per heavy atom. The summed E-state index contributed by atoms with van der Waals surface area (Å²) in [4.78, 5) is 0. The number of nitrogens with zero attached hydrogens (tertiary/aromatic N) is 1. The van der Waals surface area contributed by atoms with Crippen molar-refractivity contribution < 1.29 is 4.39 Å². The second-order valence-electron chi connectivity index (χ2n) is 5.19. The van der Waals surface area contributed by atoms with E-state index >= 15 is 0 Å². The van der Waals surface area contributed by atoms with Crippen molar-refractivity contribution in [1.29, 1.82) is 0 Å². The molecule has 1 unspecified atom stereocenters. The van der Waals surface area contributed by atoms with Gasteiger partial charge >= 0.3 is 0 Å². The lowest BCUT2D eigenvalue weighted by molar-refractivity contribution is 0.583. The van der Waals surface area contributed by atoms with Crippen molar-refractivity contribution in [2.24, 2.45) is 0 Å². The van der Waals surface area contributed by atoms with Crippen molar-refractivity contribution in [2.75, 3.05) is 7.05 Å². The summed E-state index contributed by atoms with van der Waals surface area (Å²) in [5.74, 6) is -0.135. The number of rotatable bonds is 4. The van der Waals surface area contributed by atoms with E-state index in [0.29, 0.717) is 6.04 Å². The largest absolute Gasteiger partial charge is 0.342 e. The molecule has 1 N–H and O–H groups in total. The number of aromatic nitrogens is 1. The van der Waals surface area contributed by atoms with Gasteiger partial charge in [-0.05, 0) is 45.9 Å². The molecule has 0 radical (unpaired) electrons. The topological polar surface area (TPSA) is 17.0 Å². The third-order valence-corrected chi connectivity index (χ3v) is 3.46. The summed E-state index contributed by atoms with van der Waals surface area (Å²) < 4.78 is 16.0. The lowest BCUT2D eigenvalue weighted by Gasteiger charge is -2.09. The van der Waals surface area contributed by atoms with E-state index in [4.69, 9.17) is 0 Å². The summed E-state index contributed by atoms with van der Waals surface area (Å²) >= 11 is 0. The van der Waals surface area contributed by atoms with Gasteiger partial charge in [0.15, 0.2) is 0 Å². The van der Waals surface area contributed by atoms with Crippen molar-refractivity contribution >= 4 is 10.9 Å². The van der Waals surface area contributed by atoms with Gasteiger partial charge in [-0.25, -0.2) is 4.39 Å². The molecule has 0 saturated heterocycles. The monoisotopic (exact) mass is 248 g/mol. The molecule has 0 aliphatic carbocycles. The SMILES string of the molecule is CNC(C)Cc1cn(C(C)C)c2c(F)cccc12. The number of hydrogen-bond donors (Lipinski definition) is 1. The van der Waals surface area contributed by atoms with Crippen molar-refractivity contribution in [3.05, 3.63) is 35.8 Å². The molecule has 2 aromatic rings. The van der Waals surface area contributed by atoms with Crippen LogP contribution in [-0.2, 0) is 6.42 Å². The summed E-state index contributed by atoms with van der Waals surface area (Å²) in [6, 6.07) is 5.99. The summed E-state index contributed by atoms with van der Waals surface area (Å²) in [7, 11) is 1.95. The molecule has 98 valence electrons. The van der Waals surface area contributed by atoms with E-state index < -0.39 is 0 Å². The number of hydrogen-bond acceptors (Lipinski definition) is 1. The Balaban J connectivity index is 2.58. The summed E-state index contributed by atoms with van der Waals surface area (Å²) in [5, 5.41) is 4.26. The van der Waals surface area contributed by atoms with Crippen molar-refractivity contribution in [1.82, 2.24) is 9.88 Å². The molecule has 18 heavy (non-hydrogen) atoms. The van der Waals surface area contributed by atoms with E-state index in [1.54, 1.807) is 6.07 Å². The van der Waals surface area contributed by atoms with Gasteiger partial charge in [0.25, 0.3) is 0 Å². The second kappa shape index (κ2) is 5.11. The van der Waals surface area contributed by atoms with E-state index in [0.717, 1.165) is 17.3 Å². The average Bonchev–Trinajstić information content (AvgIpc) is 2.70. The van der Waals surface area contributed by atoms with Crippen molar-refractivity contribution in [3.63, 3.8) is 0 Å². The number of likely N-dealkylation sites (N-methyl/N-ethyl adjacent to an activating group) is 1. The predicted molar refractivity (Wildman–Crippen MR) is 74.5 cm³/mol. The van der Waals surface area contributed by atoms with Gasteiger partial charge in [0, 0.05) is 23.7 Å². The molecule has 0 aliphatic heterocycles. The Bertz CT molecular complexity index is 543. The van der Waals surface area contributed by atoms with Crippen LogP contribution in [0.25, 0.3) is 10.9 Å². The van der Waals surface area contributed by atoms with Crippen LogP contribution >= 0.6 is 0 Å². The highest BCUT2D eigenvalue weighted by Gasteiger charge is 2.15. The van der Waals surface area contributed by atoms with Gasteiger partial charge < -0.3 is 9.88 Å². The fraction of sp³-hybridized carbons (Fsp3) is 0.467. The molecule has 1 heterocycles. The van der Waals surface area contributed by atoms with E-state index in [-0.39, 0.29) is 11.9 Å². The minimum atomic E-state index is -0.135. The van der Waals surface area contributed by atoms with Crippen LogP contribution in [0.1, 0.15) is 32.4 Å². The smallest absolute Gasteiger partial charge is 0.147 e. The molecule has 0 fully saturated rings. The Morgan fingerprint density at radius 2 is 2.00 bits per heavy atom. The van der Waals surface area contributed by atoms with Crippen LogP contribution in [0.5, 0.6) is 0 Å². The fourth-order valence-electron chi connectivity index (χ4n) is 2.34. The molecule has 0 aliphatic rings. The van der Waals surface area contributed by atoms with Gasteiger partial charge in [-0.2, -0.15) is 0 Å². The second-order valence-corrected chi connectivity index (χ2v) is 5.19. The zero-order valence-corrected chi connectivity index (χ0v) is 11.5. The standard InChI is InChI=1S/C15H21FN2/c1-10(2)18-9-12(8-11(3)17-4)13-6-5-7-14(16)15(13)18/h5-7,9-11,17H,8H2,1-4H3. The van der Waals surface area contributed by atoms with Gasteiger partial charge in [0.1, 0.15) is 5.82 Å². The molecule has 0 amide bonds. The summed E-state index contributed by atoms with van der Waals surface area (Å²) in [6.07, 6.45) is 3.00. The van der Waals surface area contributed by atoms with E-state index in [1.165, 1.54) is 11.6 Å². The maximum atomic E-state index is 14.0. The van der Waals surface area contributed by atoms with E-state index in [1.807, 2.05) is 17.7 Å². The molecule has 2 nitrogen and oxygen atoms in total. The molecule has 1 aromatic carbocycles. The highest BCUT2D eigenvalue weighted by Crippen LogP contribution is 2.27. The molecular formula is C15H21FN2. The van der Waals surface area contributed by atoms with Crippen LogP contribution in [0.3, 0.4) is 0 Å². The third-order valence-electron chi connectivity index (χ3n) is 3.46. The molecule has 3 heteroatoms. The van der Waals surface area contributed by atoms with Gasteiger partial charge in [-0.1, -0.05) is 12.1 Å². The number of fused-ring (bicyclic) bond motifs is 1. The molecule has 0 spiro atoms. The quantitative estimate of drug-likeness (QED) is 0.876. The lowest BCUT2D eigenvalue weighted by Crippen LogP contribution is -2.23. The zero-order valence-electron chi connectivity index (χ0n) is 11.5. The maximum Gasteiger partial charge on any atom is 0.147 e. The molecule has 0 saturated carbocycles. The minimum absolute atomic E-state index is 0.135. The van der Waals surface area contributed by atoms with Gasteiger partial charge in [0.05, 0.1) is 5.52 Å². The Kier molecular flexibility index (Phi) is 3.71. The Hall–Kier alpha value is -1.35. The van der Waals surface area contributed by atoms with E-state index in [9.17, 15) is 4.39 Å². The number of halogens is 1. The normalized spacial score (nSPS) is 13.4. The van der Waals surface area contributed by atoms with Crippen molar-refractivity contribution in [3.8, 4) is 0 Å². The average molecular weight is 248 g/mol. The first-order valence-corrected chi connectivity index (χ1v) is 6.49. The van der Waals surface area contributed by atoms with Gasteiger partial charge in [-0.3, -0.25) is 0 Å². The van der Waals surface area contributed by atoms with Crippen molar-refractivity contribution in [2.45, 2.75) is 39.3 Å². The first-order chi connectivity index (χ1) is 8.54. The van der Waals surface area contributed by atoms with Crippen LogP contribution < -0.4 is 5.32 Å². The van der Waals surface area contributed by atoms with Crippen LogP contribution in [0, 0.1) is 5.82 Å². The minimum Gasteiger partial charge on any atom is -0.342 e. The number of nitrogens with one attached hydrogen (secondary N) is 1. The molecule has 0 bridgehead atoms. The fourth-order valence-corrected chi connectivity index (χ4v) is 2.34. The number of benzene rings is 1. The summed E-state index contributed by atoms with van der Waals surface area (Å²) in [6.45, 7) is 6.30. The molecule has 1 aromatic heterocycles. The molecule has 1 atom stereocenters. The van der Waals surface area contributed by atoms with Gasteiger partial charge in [-0.15, -0.1) is 0 Å². The van der Waals surface area contributed by atoms with Gasteiger partial charge in [0.2, 0.25) is 0 Å². The van der Waals surface area contributed by atoms with Crippen LogP contribution in [0.2, 0.25) is 0 Å². The Morgan fingerprint density at radius 3 is 2.61 bits per heavy atom. The maximum absolute atomic E-state index is 14.0. The predicted octanol–water partition coefficient (Wildman–Crippen LogP) is 3.51. The number of para-hydroxylation sites is 1. The van der Waals surface area contributed by atoms with Crippen LogP contribution in [0.4, 0.5) is 4.39 Å². The molecular weight excluding hydrogens is 227 g/mol. The van der Waals surface area contributed by atoms with Crippen LogP contribution in [0.15, 0.2) is 24.4 Å².